The SMILES string of the molecule is CCOC(=O)c1ccc(NC=C2C(=O)Oc3c(Nc4ccccc4)cccc3C2=O)cc1. The molecular weight excluding hydrogens is 408 g/mol. The van der Waals surface area contributed by atoms with Gasteiger partial charge in [0.2, 0.25) is 5.78 Å². The second kappa shape index (κ2) is 9.18. The van der Waals surface area contributed by atoms with Gasteiger partial charge in [-0.2, -0.15) is 0 Å². The topological polar surface area (TPSA) is 93.7 Å². The summed E-state index contributed by atoms with van der Waals surface area (Å²) in [6, 6.07) is 20.9. The van der Waals surface area contributed by atoms with Crippen LogP contribution >= 0.6 is 0 Å². The van der Waals surface area contributed by atoms with Crippen molar-refractivity contribution in [2.45, 2.75) is 6.92 Å². The van der Waals surface area contributed by atoms with E-state index in [0.717, 1.165) is 5.69 Å². The Hall–Kier alpha value is -4.39. The van der Waals surface area contributed by atoms with Crippen molar-refractivity contribution in [3.05, 3.63) is 95.7 Å². The Morgan fingerprint density at radius 2 is 1.69 bits per heavy atom. The molecule has 0 atom stereocenters. The fraction of sp³-hybridized carbons (Fsp3) is 0.0800. The van der Waals surface area contributed by atoms with Gasteiger partial charge in [0, 0.05) is 17.6 Å². The highest BCUT2D eigenvalue weighted by Crippen LogP contribution is 2.36. The summed E-state index contributed by atoms with van der Waals surface area (Å²) in [5.41, 5.74) is 2.50. The second-order valence-electron chi connectivity index (χ2n) is 6.89. The van der Waals surface area contributed by atoms with E-state index in [9.17, 15) is 14.4 Å². The van der Waals surface area contributed by atoms with Gasteiger partial charge in [-0.05, 0) is 55.5 Å². The molecule has 7 heteroatoms. The number of nitrogens with one attached hydrogen (secondary N) is 2. The minimum absolute atomic E-state index is 0.121. The number of fused-ring (bicyclic) bond motifs is 1. The van der Waals surface area contributed by atoms with Gasteiger partial charge in [-0.1, -0.05) is 24.3 Å². The number of ketones is 1. The predicted molar refractivity (Wildman–Crippen MR) is 120 cm³/mol. The normalized spacial score (nSPS) is 13.8. The second-order valence-corrected chi connectivity index (χ2v) is 6.89. The van der Waals surface area contributed by atoms with Gasteiger partial charge in [0.15, 0.2) is 5.75 Å². The van der Waals surface area contributed by atoms with Gasteiger partial charge in [0.05, 0.1) is 23.4 Å². The molecule has 1 aliphatic heterocycles. The van der Waals surface area contributed by atoms with Crippen molar-refractivity contribution in [2.24, 2.45) is 0 Å². The molecule has 0 aliphatic carbocycles. The van der Waals surface area contributed by atoms with Crippen LogP contribution in [0.5, 0.6) is 5.75 Å². The molecule has 32 heavy (non-hydrogen) atoms. The van der Waals surface area contributed by atoms with Gasteiger partial charge in [0.25, 0.3) is 0 Å². The molecule has 0 radical (unpaired) electrons. The lowest BCUT2D eigenvalue weighted by Gasteiger charge is -2.20. The van der Waals surface area contributed by atoms with Crippen molar-refractivity contribution in [2.75, 3.05) is 17.2 Å². The third kappa shape index (κ3) is 4.37. The van der Waals surface area contributed by atoms with Crippen molar-refractivity contribution in [3.8, 4) is 5.75 Å². The third-order valence-electron chi connectivity index (χ3n) is 4.75. The Morgan fingerprint density at radius 1 is 0.938 bits per heavy atom. The summed E-state index contributed by atoms with van der Waals surface area (Å²) in [6.45, 7) is 2.03. The van der Waals surface area contributed by atoms with Gasteiger partial charge >= 0.3 is 11.9 Å². The first-order chi connectivity index (χ1) is 15.6. The highest BCUT2D eigenvalue weighted by atomic mass is 16.5. The van der Waals surface area contributed by atoms with Crippen LogP contribution in [0.1, 0.15) is 27.6 Å². The predicted octanol–water partition coefficient (Wildman–Crippen LogP) is 4.70. The fourth-order valence-corrected chi connectivity index (χ4v) is 3.18. The molecule has 0 amide bonds. The maximum Gasteiger partial charge on any atom is 0.349 e. The Labute approximate surface area is 184 Å². The molecule has 160 valence electrons. The van der Waals surface area contributed by atoms with Crippen molar-refractivity contribution in [1.82, 2.24) is 0 Å². The Kier molecular flexibility index (Phi) is 5.98. The van der Waals surface area contributed by atoms with Crippen molar-refractivity contribution in [1.29, 1.82) is 0 Å². The number of para-hydroxylation sites is 2. The van der Waals surface area contributed by atoms with Crippen molar-refractivity contribution < 1.29 is 23.9 Å². The van der Waals surface area contributed by atoms with Gasteiger partial charge < -0.3 is 20.1 Å². The molecule has 0 bridgehead atoms. The molecule has 0 saturated heterocycles. The summed E-state index contributed by atoms with van der Waals surface area (Å²) >= 11 is 0. The number of anilines is 3. The van der Waals surface area contributed by atoms with Crippen molar-refractivity contribution >= 4 is 34.8 Å². The zero-order chi connectivity index (χ0) is 22.5. The third-order valence-corrected chi connectivity index (χ3v) is 4.75. The first-order valence-corrected chi connectivity index (χ1v) is 10.0. The molecule has 7 nitrogen and oxygen atoms in total. The molecule has 0 aromatic heterocycles. The largest absolute Gasteiger partial charge is 0.462 e. The zero-order valence-corrected chi connectivity index (χ0v) is 17.3. The number of carbonyl (C=O) groups excluding carboxylic acids is 3. The zero-order valence-electron chi connectivity index (χ0n) is 17.3. The number of rotatable bonds is 6. The number of benzene rings is 3. The number of esters is 2. The highest BCUT2D eigenvalue weighted by molar-refractivity contribution is 6.28. The summed E-state index contributed by atoms with van der Waals surface area (Å²) in [4.78, 5) is 37.3. The van der Waals surface area contributed by atoms with Crippen LogP contribution in [-0.2, 0) is 9.53 Å². The van der Waals surface area contributed by atoms with Crippen LogP contribution in [0.25, 0.3) is 0 Å². The van der Waals surface area contributed by atoms with Crippen LogP contribution in [0, 0.1) is 0 Å². The van der Waals surface area contributed by atoms with Crippen LogP contribution in [0.4, 0.5) is 17.1 Å². The number of carbonyl (C=O) groups is 3. The lowest BCUT2D eigenvalue weighted by Crippen LogP contribution is -2.26. The molecular formula is C25H20N2O5. The molecule has 0 saturated carbocycles. The van der Waals surface area contributed by atoms with Crippen LogP contribution < -0.4 is 15.4 Å². The minimum atomic E-state index is -0.750. The standard InChI is InChI=1S/C25H20N2O5/c1-2-31-24(29)16-11-13-17(14-12-16)26-15-20-22(28)19-9-6-10-21(23(19)32-25(20)30)27-18-7-4-3-5-8-18/h3-15,26-27H,2H2,1H3. The first-order valence-electron chi connectivity index (χ1n) is 10.0. The van der Waals surface area contributed by atoms with E-state index in [2.05, 4.69) is 10.6 Å². The van der Waals surface area contributed by atoms with E-state index >= 15 is 0 Å². The molecule has 0 unspecified atom stereocenters. The van der Waals surface area contributed by atoms with Gasteiger partial charge in [-0.25, -0.2) is 9.59 Å². The lowest BCUT2D eigenvalue weighted by atomic mass is 9.99. The van der Waals surface area contributed by atoms with Gasteiger partial charge in [-0.15, -0.1) is 0 Å². The summed E-state index contributed by atoms with van der Waals surface area (Å²) in [6.07, 6.45) is 1.31. The molecule has 0 spiro atoms. The quantitative estimate of drug-likeness (QED) is 0.254. The maximum atomic E-state index is 13.0. The number of Topliss-reactive ketones (excluding diaryl/α,β-unsaturated/α-hetero) is 1. The van der Waals surface area contributed by atoms with E-state index in [1.54, 1.807) is 49.4 Å². The maximum absolute atomic E-state index is 13.0. The molecule has 3 aromatic rings. The summed E-state index contributed by atoms with van der Waals surface area (Å²) in [5.74, 6) is -1.41. The van der Waals surface area contributed by atoms with Crippen LogP contribution in [0.3, 0.4) is 0 Å². The fourth-order valence-electron chi connectivity index (χ4n) is 3.18. The summed E-state index contributed by atoms with van der Waals surface area (Å²) in [5, 5.41) is 6.07. The summed E-state index contributed by atoms with van der Waals surface area (Å²) < 4.78 is 10.4. The van der Waals surface area contributed by atoms with E-state index in [-0.39, 0.29) is 16.9 Å². The van der Waals surface area contributed by atoms with E-state index < -0.39 is 17.7 Å². The Morgan fingerprint density at radius 3 is 2.41 bits per heavy atom. The average molecular weight is 428 g/mol. The Balaban J connectivity index is 1.54. The first kappa shape index (κ1) is 20.9. The monoisotopic (exact) mass is 428 g/mol. The van der Waals surface area contributed by atoms with Crippen LogP contribution in [0.15, 0.2) is 84.6 Å². The molecule has 2 N–H and O–H groups in total. The molecule has 1 heterocycles. The van der Waals surface area contributed by atoms with E-state index in [4.69, 9.17) is 9.47 Å². The van der Waals surface area contributed by atoms with E-state index in [0.29, 0.717) is 23.5 Å². The van der Waals surface area contributed by atoms with Gasteiger partial charge in [0.1, 0.15) is 5.57 Å². The van der Waals surface area contributed by atoms with Crippen LogP contribution in [0.2, 0.25) is 0 Å². The molecule has 1 aliphatic rings. The molecule has 3 aromatic carbocycles. The number of ether oxygens (including phenoxy) is 2. The van der Waals surface area contributed by atoms with Gasteiger partial charge in [-0.3, -0.25) is 4.79 Å². The van der Waals surface area contributed by atoms with E-state index in [1.165, 1.54) is 6.20 Å². The number of hydrogen-bond acceptors (Lipinski definition) is 7. The average Bonchev–Trinajstić information content (AvgIpc) is 2.81. The Bertz CT molecular complexity index is 1200. The molecule has 4 rings (SSSR count). The number of hydrogen-bond donors (Lipinski definition) is 2. The van der Waals surface area contributed by atoms with Crippen molar-refractivity contribution in [3.63, 3.8) is 0 Å². The highest BCUT2D eigenvalue weighted by Gasteiger charge is 2.32. The molecule has 0 fully saturated rings. The van der Waals surface area contributed by atoms with Crippen LogP contribution in [-0.4, -0.2) is 24.3 Å². The minimum Gasteiger partial charge on any atom is -0.462 e. The van der Waals surface area contributed by atoms with E-state index in [1.807, 2.05) is 30.3 Å². The lowest BCUT2D eigenvalue weighted by molar-refractivity contribution is -0.130. The smallest absolute Gasteiger partial charge is 0.349 e. The summed E-state index contributed by atoms with van der Waals surface area (Å²) in [7, 11) is 0.